The molecule has 1 saturated carbocycles. The van der Waals surface area contributed by atoms with Crippen molar-refractivity contribution < 1.29 is 5.11 Å². The molecule has 0 radical (unpaired) electrons. The van der Waals surface area contributed by atoms with Crippen molar-refractivity contribution in [1.29, 1.82) is 0 Å². The summed E-state index contributed by atoms with van der Waals surface area (Å²) in [5.41, 5.74) is 0. The summed E-state index contributed by atoms with van der Waals surface area (Å²) >= 11 is 0. The number of nitrogens with zero attached hydrogens (tertiary/aromatic N) is 2. The van der Waals surface area contributed by atoms with Crippen LogP contribution in [0.25, 0.3) is 0 Å². The smallest absolute Gasteiger partial charge is 0.153 e. The van der Waals surface area contributed by atoms with E-state index in [1.807, 2.05) is 0 Å². The van der Waals surface area contributed by atoms with Gasteiger partial charge in [0.25, 0.3) is 0 Å². The number of aromatic nitrogens is 3. The lowest BCUT2D eigenvalue weighted by molar-refractivity contribution is 0.271. The third-order valence-electron chi connectivity index (χ3n) is 3.17. The Kier molecular flexibility index (Phi) is 3.72. The molecule has 0 amide bonds. The van der Waals surface area contributed by atoms with E-state index >= 15 is 0 Å². The molecule has 2 rings (SSSR count). The van der Waals surface area contributed by atoms with Crippen LogP contribution in [0.15, 0.2) is 0 Å². The van der Waals surface area contributed by atoms with Gasteiger partial charge in [0.1, 0.15) is 12.4 Å². The van der Waals surface area contributed by atoms with Crippen LogP contribution in [-0.4, -0.2) is 20.3 Å². The van der Waals surface area contributed by atoms with E-state index in [9.17, 15) is 0 Å². The van der Waals surface area contributed by atoms with Gasteiger partial charge in [-0.3, -0.25) is 5.10 Å². The van der Waals surface area contributed by atoms with E-state index in [1.54, 1.807) is 0 Å². The van der Waals surface area contributed by atoms with Crippen LogP contribution in [0.3, 0.4) is 0 Å². The van der Waals surface area contributed by atoms with Crippen molar-refractivity contribution in [2.75, 3.05) is 0 Å². The average Bonchev–Trinajstić information content (AvgIpc) is 2.65. The molecule has 1 aliphatic carbocycles. The number of hydrogen-bond donors (Lipinski definition) is 2. The lowest BCUT2D eigenvalue weighted by atomic mass is 9.91. The van der Waals surface area contributed by atoms with Crippen molar-refractivity contribution in [3.05, 3.63) is 11.6 Å². The number of H-pyrrole nitrogens is 1. The van der Waals surface area contributed by atoms with Crippen molar-refractivity contribution in [3.8, 4) is 0 Å². The average molecular weight is 209 g/mol. The van der Waals surface area contributed by atoms with E-state index in [0.29, 0.717) is 11.7 Å². The molecule has 84 valence electrons. The van der Waals surface area contributed by atoms with Gasteiger partial charge in [-0.15, -0.1) is 0 Å². The van der Waals surface area contributed by atoms with Crippen LogP contribution in [0, 0.1) is 0 Å². The zero-order valence-electron chi connectivity index (χ0n) is 9.08. The fraction of sp³-hybridized carbons (Fsp3) is 0.818. The fourth-order valence-electron chi connectivity index (χ4n) is 2.28. The molecular weight excluding hydrogens is 190 g/mol. The van der Waals surface area contributed by atoms with E-state index in [2.05, 4.69) is 15.2 Å². The zero-order valence-corrected chi connectivity index (χ0v) is 9.08. The van der Waals surface area contributed by atoms with Crippen molar-refractivity contribution in [1.82, 2.24) is 15.2 Å². The Hall–Kier alpha value is -0.900. The third-order valence-corrected chi connectivity index (χ3v) is 3.17. The molecule has 2 N–H and O–H groups in total. The van der Waals surface area contributed by atoms with E-state index < -0.39 is 0 Å². The van der Waals surface area contributed by atoms with E-state index in [4.69, 9.17) is 5.11 Å². The summed E-state index contributed by atoms with van der Waals surface area (Å²) in [4.78, 5) is 4.31. The van der Waals surface area contributed by atoms with Crippen molar-refractivity contribution >= 4 is 0 Å². The van der Waals surface area contributed by atoms with Gasteiger partial charge in [0.15, 0.2) is 5.82 Å². The quantitative estimate of drug-likeness (QED) is 0.784. The summed E-state index contributed by atoms with van der Waals surface area (Å²) in [5.74, 6) is 2.00. The highest BCUT2D eigenvalue weighted by Crippen LogP contribution is 2.28. The van der Waals surface area contributed by atoms with Gasteiger partial charge in [-0.2, -0.15) is 5.10 Å². The Balaban J connectivity index is 2.00. The molecule has 1 aliphatic rings. The summed E-state index contributed by atoms with van der Waals surface area (Å²) < 4.78 is 0. The largest absolute Gasteiger partial charge is 0.388 e. The summed E-state index contributed by atoms with van der Waals surface area (Å²) in [7, 11) is 0. The van der Waals surface area contributed by atoms with Crippen LogP contribution < -0.4 is 0 Å². The molecule has 0 unspecified atom stereocenters. The molecule has 0 aliphatic heterocycles. The van der Waals surface area contributed by atoms with Gasteiger partial charge < -0.3 is 5.11 Å². The lowest BCUT2D eigenvalue weighted by Crippen LogP contribution is -2.04. The highest BCUT2D eigenvalue weighted by molar-refractivity contribution is 4.97. The van der Waals surface area contributed by atoms with Gasteiger partial charge in [-0.1, -0.05) is 32.1 Å². The Morgan fingerprint density at radius 3 is 2.40 bits per heavy atom. The number of aromatic amines is 1. The Labute approximate surface area is 90.1 Å². The minimum absolute atomic E-state index is 0.0419. The first kappa shape index (κ1) is 10.6. The monoisotopic (exact) mass is 209 g/mol. The molecule has 0 aromatic carbocycles. The van der Waals surface area contributed by atoms with Crippen molar-refractivity contribution in [2.24, 2.45) is 0 Å². The fourth-order valence-corrected chi connectivity index (χ4v) is 2.28. The van der Waals surface area contributed by atoms with Gasteiger partial charge in [-0.25, -0.2) is 4.98 Å². The van der Waals surface area contributed by atoms with Gasteiger partial charge in [-0.05, 0) is 12.8 Å². The maximum Gasteiger partial charge on any atom is 0.153 e. The lowest BCUT2D eigenvalue weighted by Gasteiger charge is -2.16. The van der Waals surface area contributed by atoms with Crippen LogP contribution in [0.1, 0.15) is 62.5 Å². The van der Waals surface area contributed by atoms with Crippen LogP contribution in [0.5, 0.6) is 0 Å². The molecule has 1 aromatic heterocycles. The molecule has 4 nitrogen and oxygen atoms in total. The van der Waals surface area contributed by atoms with Crippen LogP contribution in [0.2, 0.25) is 0 Å². The van der Waals surface area contributed by atoms with Crippen LogP contribution >= 0.6 is 0 Å². The molecular formula is C11H19N3O. The maximum atomic E-state index is 8.92. The molecule has 0 bridgehead atoms. The first-order chi connectivity index (χ1) is 7.40. The first-order valence-corrected chi connectivity index (χ1v) is 5.92. The minimum atomic E-state index is -0.0419. The maximum absolute atomic E-state index is 8.92. The molecule has 1 aromatic rings. The highest BCUT2D eigenvalue weighted by Gasteiger charge is 2.17. The van der Waals surface area contributed by atoms with E-state index in [0.717, 1.165) is 5.82 Å². The van der Waals surface area contributed by atoms with Gasteiger partial charge in [0, 0.05) is 5.92 Å². The summed E-state index contributed by atoms with van der Waals surface area (Å²) in [6.07, 6.45) is 9.02. The molecule has 0 spiro atoms. The second kappa shape index (κ2) is 5.26. The van der Waals surface area contributed by atoms with E-state index in [-0.39, 0.29) is 6.61 Å². The molecule has 4 heteroatoms. The van der Waals surface area contributed by atoms with Crippen LogP contribution in [-0.2, 0) is 6.61 Å². The summed E-state index contributed by atoms with van der Waals surface area (Å²) in [5, 5.41) is 15.9. The molecule has 0 saturated heterocycles. The Bertz CT molecular complexity index is 290. The normalized spacial score (nSPS) is 19.8. The molecule has 0 atom stereocenters. The number of aliphatic hydroxyl groups excluding tert-OH is 1. The SMILES string of the molecule is OCc1nc(C2CCCCCCC2)n[nH]1. The van der Waals surface area contributed by atoms with Crippen molar-refractivity contribution in [3.63, 3.8) is 0 Å². The second-order valence-electron chi connectivity index (χ2n) is 4.34. The number of rotatable bonds is 2. The van der Waals surface area contributed by atoms with Gasteiger partial charge >= 0.3 is 0 Å². The predicted octanol–water partition coefficient (Wildman–Crippen LogP) is 2.12. The standard InChI is InChI=1S/C11H19N3O/c15-8-10-12-11(14-13-10)9-6-4-2-1-3-5-7-9/h9,15H,1-8H2,(H,12,13,14). The Morgan fingerprint density at radius 2 is 1.80 bits per heavy atom. The summed E-state index contributed by atoms with van der Waals surface area (Å²) in [6.45, 7) is -0.0419. The number of hydrogen-bond acceptors (Lipinski definition) is 3. The molecule has 1 fully saturated rings. The molecule has 1 heterocycles. The van der Waals surface area contributed by atoms with Gasteiger partial charge in [0.2, 0.25) is 0 Å². The Morgan fingerprint density at radius 1 is 1.13 bits per heavy atom. The number of nitrogens with one attached hydrogen (secondary N) is 1. The van der Waals surface area contributed by atoms with E-state index in [1.165, 1.54) is 44.9 Å². The second-order valence-corrected chi connectivity index (χ2v) is 4.34. The predicted molar refractivity (Wildman–Crippen MR) is 57.4 cm³/mol. The third kappa shape index (κ3) is 2.78. The number of aliphatic hydroxyl groups is 1. The zero-order chi connectivity index (χ0) is 10.5. The first-order valence-electron chi connectivity index (χ1n) is 5.92. The van der Waals surface area contributed by atoms with Crippen molar-refractivity contribution in [2.45, 2.75) is 57.5 Å². The van der Waals surface area contributed by atoms with Crippen LogP contribution in [0.4, 0.5) is 0 Å². The summed E-state index contributed by atoms with van der Waals surface area (Å²) in [6, 6.07) is 0. The minimum Gasteiger partial charge on any atom is -0.388 e. The topological polar surface area (TPSA) is 61.8 Å². The molecule has 15 heavy (non-hydrogen) atoms. The highest BCUT2D eigenvalue weighted by atomic mass is 16.3. The van der Waals surface area contributed by atoms with Gasteiger partial charge in [0.05, 0.1) is 0 Å².